The highest BCUT2D eigenvalue weighted by atomic mass is 79.9. The molecular weight excluding hydrogens is 626 g/mol. The van der Waals surface area contributed by atoms with Crippen molar-refractivity contribution in [1.82, 2.24) is 10.9 Å². The van der Waals surface area contributed by atoms with Crippen LogP contribution in [0.5, 0.6) is 5.75 Å². The van der Waals surface area contributed by atoms with E-state index in [0.29, 0.717) is 37.0 Å². The molecule has 0 bridgehead atoms. The number of rotatable bonds is 12. The molecule has 1 aliphatic heterocycles. The van der Waals surface area contributed by atoms with Gasteiger partial charge in [0.05, 0.1) is 6.61 Å². The Labute approximate surface area is 245 Å². The maximum atomic E-state index is 14.1. The number of nitrogens with zero attached hydrogens (tertiary/aromatic N) is 1. The summed E-state index contributed by atoms with van der Waals surface area (Å²) in [7, 11) is 0. The van der Waals surface area contributed by atoms with E-state index in [9.17, 15) is 4.79 Å². The Hall–Kier alpha value is -2.72. The van der Waals surface area contributed by atoms with Crippen molar-refractivity contribution >= 4 is 43.7 Å². The Balaban J connectivity index is 1.53. The number of aliphatic hydroxyl groups excluding tert-OH is 1. The van der Waals surface area contributed by atoms with Crippen molar-refractivity contribution in [3.63, 3.8) is 0 Å². The van der Waals surface area contributed by atoms with Crippen molar-refractivity contribution < 1.29 is 19.4 Å². The van der Waals surface area contributed by atoms with Crippen LogP contribution in [0.15, 0.2) is 86.7 Å². The lowest BCUT2D eigenvalue weighted by atomic mass is 9.82. The van der Waals surface area contributed by atoms with Gasteiger partial charge in [0.15, 0.2) is 11.6 Å². The standard InChI is InChI=1S/C30H31Br2N3O4/c31-24-12-8-21(9-13-24)27-30(18-23-4-1-2-5-26(23)32,29(37)35-33-19-20-6-7-20)34-28(39-27)22-10-14-25(15-11-22)38-17-3-16-36/h1-2,4-5,8-15,20,27,33,36H,3,6-7,16-19H2,(H,35,37)/t27-,30-/m0/s1. The van der Waals surface area contributed by atoms with E-state index in [2.05, 4.69) is 42.7 Å². The Morgan fingerprint density at radius 2 is 1.79 bits per heavy atom. The number of aliphatic hydroxyl groups is 1. The SMILES string of the molecule is O=C(NNCC1CC1)[C@@]1(Cc2ccccc2Br)N=C(c2ccc(OCCCO)cc2)O[C@H]1c1ccc(Br)cc1. The zero-order chi connectivity index (χ0) is 27.2. The van der Waals surface area contributed by atoms with Crippen LogP contribution in [-0.4, -0.2) is 42.2 Å². The normalized spacial score (nSPS) is 20.3. The minimum absolute atomic E-state index is 0.0807. The van der Waals surface area contributed by atoms with Gasteiger partial charge in [-0.05, 0) is 72.4 Å². The van der Waals surface area contributed by atoms with Gasteiger partial charge in [0.2, 0.25) is 5.90 Å². The number of aliphatic imine (C=N–C) groups is 1. The van der Waals surface area contributed by atoms with E-state index in [0.717, 1.165) is 32.2 Å². The minimum atomic E-state index is -1.26. The first-order valence-corrected chi connectivity index (χ1v) is 14.7. The van der Waals surface area contributed by atoms with E-state index in [-0.39, 0.29) is 12.5 Å². The van der Waals surface area contributed by atoms with Gasteiger partial charge in [-0.1, -0.05) is 62.2 Å². The lowest BCUT2D eigenvalue weighted by molar-refractivity contribution is -0.130. The van der Waals surface area contributed by atoms with E-state index < -0.39 is 11.6 Å². The van der Waals surface area contributed by atoms with E-state index in [4.69, 9.17) is 19.6 Å². The minimum Gasteiger partial charge on any atom is -0.494 e. The molecule has 1 fully saturated rings. The van der Waals surface area contributed by atoms with E-state index in [1.165, 1.54) is 12.8 Å². The molecule has 3 N–H and O–H groups in total. The van der Waals surface area contributed by atoms with E-state index in [1.807, 2.05) is 72.8 Å². The van der Waals surface area contributed by atoms with Crippen molar-refractivity contribution in [2.45, 2.75) is 37.3 Å². The molecule has 3 aromatic carbocycles. The van der Waals surface area contributed by atoms with Gasteiger partial charge in [0.1, 0.15) is 5.75 Å². The van der Waals surface area contributed by atoms with Crippen molar-refractivity contribution in [3.8, 4) is 5.75 Å². The number of amides is 1. The number of carbonyl (C=O) groups is 1. The number of halogens is 2. The summed E-state index contributed by atoms with van der Waals surface area (Å²) >= 11 is 7.18. The molecule has 1 aliphatic carbocycles. The van der Waals surface area contributed by atoms with Crippen molar-refractivity contribution in [1.29, 1.82) is 0 Å². The highest BCUT2D eigenvalue weighted by molar-refractivity contribution is 9.10. The van der Waals surface area contributed by atoms with Crippen molar-refractivity contribution in [3.05, 3.63) is 98.4 Å². The van der Waals surface area contributed by atoms with Crippen LogP contribution in [0.25, 0.3) is 0 Å². The third-order valence-electron chi connectivity index (χ3n) is 6.91. The van der Waals surface area contributed by atoms with Gasteiger partial charge < -0.3 is 14.6 Å². The van der Waals surface area contributed by atoms with Crippen LogP contribution in [0.3, 0.4) is 0 Å². The molecule has 2 atom stereocenters. The summed E-state index contributed by atoms with van der Waals surface area (Å²) in [5, 5.41) is 9.01. The fraction of sp³-hybridized carbons (Fsp3) is 0.333. The molecule has 7 nitrogen and oxygen atoms in total. The quantitative estimate of drug-likeness (QED) is 0.177. The van der Waals surface area contributed by atoms with Crippen molar-refractivity contribution in [2.24, 2.45) is 10.9 Å². The molecule has 1 amide bonds. The number of nitrogens with one attached hydrogen (secondary N) is 2. The van der Waals surface area contributed by atoms with Crippen LogP contribution in [0.1, 0.15) is 42.1 Å². The smallest absolute Gasteiger partial charge is 0.266 e. The molecule has 0 unspecified atom stereocenters. The average molecular weight is 657 g/mol. The lowest BCUT2D eigenvalue weighted by Gasteiger charge is -2.31. The Morgan fingerprint density at radius 1 is 1.05 bits per heavy atom. The molecule has 2 aliphatic rings. The van der Waals surface area contributed by atoms with Gasteiger partial charge in [0.25, 0.3) is 5.91 Å². The third-order valence-corrected chi connectivity index (χ3v) is 8.21. The van der Waals surface area contributed by atoms with Crippen LogP contribution >= 0.6 is 31.9 Å². The monoisotopic (exact) mass is 655 g/mol. The van der Waals surface area contributed by atoms with Crippen LogP contribution < -0.4 is 15.6 Å². The maximum Gasteiger partial charge on any atom is 0.266 e. The average Bonchev–Trinajstić information content (AvgIpc) is 3.69. The topological polar surface area (TPSA) is 92.2 Å². The molecule has 9 heteroatoms. The molecule has 1 heterocycles. The second kappa shape index (κ2) is 12.6. The molecule has 0 aromatic heterocycles. The van der Waals surface area contributed by atoms with Crippen LogP contribution in [0.2, 0.25) is 0 Å². The number of hydrogen-bond donors (Lipinski definition) is 3. The number of ether oxygens (including phenoxy) is 2. The predicted octanol–water partition coefficient (Wildman–Crippen LogP) is 5.50. The summed E-state index contributed by atoms with van der Waals surface area (Å²) in [5.74, 6) is 1.44. The highest BCUT2D eigenvalue weighted by Gasteiger charge is 2.53. The van der Waals surface area contributed by atoms with Crippen LogP contribution in [-0.2, 0) is 16.0 Å². The summed E-state index contributed by atoms with van der Waals surface area (Å²) < 4.78 is 14.1. The second-order valence-corrected chi connectivity index (χ2v) is 11.7. The number of carbonyl (C=O) groups excluding carboxylic acids is 1. The molecule has 5 rings (SSSR count). The fourth-order valence-electron chi connectivity index (χ4n) is 4.56. The zero-order valence-corrected chi connectivity index (χ0v) is 24.6. The molecule has 204 valence electrons. The fourth-order valence-corrected chi connectivity index (χ4v) is 5.25. The molecule has 39 heavy (non-hydrogen) atoms. The Morgan fingerprint density at radius 3 is 2.49 bits per heavy atom. The van der Waals surface area contributed by atoms with Crippen molar-refractivity contribution in [2.75, 3.05) is 19.8 Å². The van der Waals surface area contributed by atoms with Crippen LogP contribution in [0.4, 0.5) is 0 Å². The predicted molar refractivity (Wildman–Crippen MR) is 158 cm³/mol. The largest absolute Gasteiger partial charge is 0.494 e. The van der Waals surface area contributed by atoms with Gasteiger partial charge >= 0.3 is 0 Å². The zero-order valence-electron chi connectivity index (χ0n) is 21.4. The van der Waals surface area contributed by atoms with E-state index >= 15 is 0 Å². The summed E-state index contributed by atoms with van der Waals surface area (Å²) in [6, 6.07) is 23.1. The molecular formula is C30H31Br2N3O4. The Kier molecular flexibility index (Phi) is 9.02. The molecule has 0 spiro atoms. The van der Waals surface area contributed by atoms with Gasteiger partial charge in [-0.3, -0.25) is 10.2 Å². The molecule has 0 radical (unpaired) electrons. The van der Waals surface area contributed by atoms with Gasteiger partial charge in [-0.25, -0.2) is 10.4 Å². The summed E-state index contributed by atoms with van der Waals surface area (Å²) in [5.41, 5.74) is 7.39. The number of hydrazine groups is 1. The van der Waals surface area contributed by atoms with Gasteiger partial charge in [-0.2, -0.15) is 0 Å². The van der Waals surface area contributed by atoms with Gasteiger partial charge in [-0.15, -0.1) is 0 Å². The molecule has 3 aromatic rings. The highest BCUT2D eigenvalue weighted by Crippen LogP contribution is 2.43. The number of hydrogen-bond acceptors (Lipinski definition) is 6. The number of benzene rings is 3. The maximum absolute atomic E-state index is 14.1. The van der Waals surface area contributed by atoms with Crippen LogP contribution in [0, 0.1) is 5.92 Å². The summed E-state index contributed by atoms with van der Waals surface area (Å²) in [6.45, 7) is 1.24. The first-order chi connectivity index (χ1) is 19.0. The first kappa shape index (κ1) is 27.8. The molecule has 1 saturated carbocycles. The summed E-state index contributed by atoms with van der Waals surface area (Å²) in [6.07, 6.45) is 2.59. The van der Waals surface area contributed by atoms with Gasteiger partial charge in [0, 0.05) is 40.5 Å². The first-order valence-electron chi connectivity index (χ1n) is 13.1. The lowest BCUT2D eigenvalue weighted by Crippen LogP contribution is -2.54. The molecule has 0 saturated heterocycles. The summed E-state index contributed by atoms with van der Waals surface area (Å²) in [4.78, 5) is 19.1. The Bertz CT molecular complexity index is 1310. The third kappa shape index (κ3) is 6.72. The second-order valence-electron chi connectivity index (χ2n) is 9.89. The van der Waals surface area contributed by atoms with E-state index in [1.54, 1.807) is 0 Å².